The Morgan fingerprint density at radius 1 is 1.38 bits per heavy atom. The van der Waals surface area contributed by atoms with Crippen LogP contribution in [0.3, 0.4) is 0 Å². The summed E-state index contributed by atoms with van der Waals surface area (Å²) in [7, 11) is 0. The molecule has 1 saturated carbocycles. The lowest BCUT2D eigenvalue weighted by Crippen LogP contribution is -2.35. The van der Waals surface area contributed by atoms with E-state index in [1.165, 1.54) is 0 Å². The lowest BCUT2D eigenvalue weighted by atomic mass is 9.74. The third kappa shape index (κ3) is 2.18. The fourth-order valence-corrected chi connectivity index (χ4v) is 3.05. The molecule has 0 bridgehead atoms. The molecule has 6 nitrogen and oxygen atoms in total. The van der Waals surface area contributed by atoms with Crippen LogP contribution in [0.5, 0.6) is 0 Å². The van der Waals surface area contributed by atoms with Gasteiger partial charge in [0.05, 0.1) is 5.69 Å². The van der Waals surface area contributed by atoms with Crippen LogP contribution < -0.4 is 11.3 Å². The zero-order valence-corrected chi connectivity index (χ0v) is 13.1. The lowest BCUT2D eigenvalue weighted by molar-refractivity contribution is 0.259. The molecule has 3 rings (SSSR count). The number of nitrogens with zero attached hydrogens (tertiary/aromatic N) is 4. The minimum absolute atomic E-state index is 0.0246. The number of rotatable bonds is 2. The van der Waals surface area contributed by atoms with Crippen LogP contribution in [0, 0.1) is 12.8 Å². The summed E-state index contributed by atoms with van der Waals surface area (Å²) in [6.07, 6.45) is 3.71. The zero-order valence-electron chi connectivity index (χ0n) is 13.1. The zero-order chi connectivity index (χ0) is 15.4. The first-order valence-electron chi connectivity index (χ1n) is 7.50. The van der Waals surface area contributed by atoms with Crippen LogP contribution in [-0.4, -0.2) is 25.7 Å². The lowest BCUT2D eigenvalue weighted by Gasteiger charge is -2.33. The number of aryl methyl sites for hydroxylation is 1. The van der Waals surface area contributed by atoms with Crippen LogP contribution in [-0.2, 0) is 5.54 Å². The van der Waals surface area contributed by atoms with Gasteiger partial charge in [-0.3, -0.25) is 9.36 Å². The molecule has 2 N–H and O–H groups in total. The molecule has 114 valence electrons. The van der Waals surface area contributed by atoms with Crippen LogP contribution in [0.1, 0.15) is 51.0 Å². The third-order valence-electron chi connectivity index (χ3n) is 4.41. The molecule has 0 aliphatic heterocycles. The molecule has 6 heteroatoms. The fraction of sp³-hybridized carbons (Fsp3) is 0.667. The maximum absolute atomic E-state index is 12.7. The number of hydrogen-bond donors (Lipinski definition) is 1. The predicted octanol–water partition coefficient (Wildman–Crippen LogP) is 1.41. The van der Waals surface area contributed by atoms with Gasteiger partial charge in [-0.1, -0.05) is 0 Å². The van der Waals surface area contributed by atoms with E-state index in [2.05, 4.69) is 10.1 Å². The van der Waals surface area contributed by atoms with E-state index in [9.17, 15) is 4.79 Å². The van der Waals surface area contributed by atoms with Gasteiger partial charge in [0.2, 0.25) is 0 Å². The minimum Gasteiger partial charge on any atom is -0.330 e. The second kappa shape index (κ2) is 4.66. The average molecular weight is 289 g/mol. The number of nitrogens with two attached hydrogens (primary N) is 1. The van der Waals surface area contributed by atoms with E-state index in [0.717, 1.165) is 30.9 Å². The molecule has 2 aromatic rings. The van der Waals surface area contributed by atoms with Gasteiger partial charge in [-0.25, -0.2) is 9.50 Å². The molecular formula is C15H23N5O. The number of hydrogen-bond acceptors (Lipinski definition) is 4. The summed E-state index contributed by atoms with van der Waals surface area (Å²) in [5, 5.41) is 4.47. The van der Waals surface area contributed by atoms with Crippen LogP contribution in [0.15, 0.2) is 11.1 Å². The standard InChI is InChI=1S/C15H23N5O/c1-9-12-14(21)19(15(2,3)4)8-17-20(12)13(18-9)11-5-10(6-11)7-16/h8,10-11H,5-7,16H2,1-4H3. The summed E-state index contributed by atoms with van der Waals surface area (Å²) in [6.45, 7) is 8.60. The van der Waals surface area contributed by atoms with Crippen molar-refractivity contribution in [2.24, 2.45) is 11.7 Å². The molecule has 1 aliphatic carbocycles. The monoisotopic (exact) mass is 289 g/mol. The summed E-state index contributed by atoms with van der Waals surface area (Å²) in [5.74, 6) is 1.86. The molecule has 0 radical (unpaired) electrons. The van der Waals surface area contributed by atoms with E-state index in [1.54, 1.807) is 15.4 Å². The van der Waals surface area contributed by atoms with Gasteiger partial charge < -0.3 is 5.73 Å². The van der Waals surface area contributed by atoms with E-state index in [1.807, 2.05) is 27.7 Å². The molecule has 0 amide bonds. The van der Waals surface area contributed by atoms with Crippen LogP contribution in [0.2, 0.25) is 0 Å². The maximum Gasteiger partial charge on any atom is 0.280 e. The Morgan fingerprint density at radius 2 is 2.05 bits per heavy atom. The molecule has 0 atom stereocenters. The van der Waals surface area contributed by atoms with Gasteiger partial charge in [0.15, 0.2) is 5.52 Å². The SMILES string of the molecule is Cc1nc(C2CC(CN)C2)n2ncn(C(C)(C)C)c(=O)c12. The van der Waals surface area contributed by atoms with Gasteiger partial charge in [0.1, 0.15) is 12.2 Å². The van der Waals surface area contributed by atoms with E-state index in [0.29, 0.717) is 17.4 Å². The molecule has 2 heterocycles. The van der Waals surface area contributed by atoms with Crippen molar-refractivity contribution in [2.45, 2.75) is 52.0 Å². The Labute approximate surface area is 124 Å². The minimum atomic E-state index is -0.288. The summed E-state index contributed by atoms with van der Waals surface area (Å²) < 4.78 is 3.40. The highest BCUT2D eigenvalue weighted by molar-refractivity contribution is 5.50. The molecule has 0 spiro atoms. The Kier molecular flexibility index (Phi) is 3.16. The first-order chi connectivity index (χ1) is 9.82. The van der Waals surface area contributed by atoms with Gasteiger partial charge in [-0.05, 0) is 53.0 Å². The highest BCUT2D eigenvalue weighted by atomic mass is 16.1. The summed E-state index contributed by atoms with van der Waals surface area (Å²) in [4.78, 5) is 17.3. The summed E-state index contributed by atoms with van der Waals surface area (Å²) in [6, 6.07) is 0. The molecule has 0 aromatic carbocycles. The van der Waals surface area contributed by atoms with Crippen molar-refractivity contribution in [1.29, 1.82) is 0 Å². The van der Waals surface area contributed by atoms with Crippen molar-refractivity contribution in [3.05, 3.63) is 28.2 Å². The Balaban J connectivity index is 2.11. The molecule has 21 heavy (non-hydrogen) atoms. The van der Waals surface area contributed by atoms with E-state index >= 15 is 0 Å². The van der Waals surface area contributed by atoms with Crippen LogP contribution in [0.25, 0.3) is 5.52 Å². The highest BCUT2D eigenvalue weighted by Crippen LogP contribution is 2.40. The van der Waals surface area contributed by atoms with Crippen molar-refractivity contribution in [2.75, 3.05) is 6.54 Å². The van der Waals surface area contributed by atoms with E-state index in [-0.39, 0.29) is 11.1 Å². The van der Waals surface area contributed by atoms with Crippen molar-refractivity contribution in [3.63, 3.8) is 0 Å². The van der Waals surface area contributed by atoms with E-state index in [4.69, 9.17) is 5.73 Å². The van der Waals surface area contributed by atoms with Crippen molar-refractivity contribution < 1.29 is 0 Å². The smallest absolute Gasteiger partial charge is 0.280 e. The Morgan fingerprint density at radius 3 is 2.62 bits per heavy atom. The second-order valence-corrected chi connectivity index (χ2v) is 7.06. The number of fused-ring (bicyclic) bond motifs is 1. The molecule has 0 saturated heterocycles. The first kappa shape index (κ1) is 14.3. The topological polar surface area (TPSA) is 78.2 Å². The van der Waals surface area contributed by atoms with Gasteiger partial charge >= 0.3 is 0 Å². The molecule has 2 aromatic heterocycles. The molecular weight excluding hydrogens is 266 g/mol. The van der Waals surface area contributed by atoms with Gasteiger partial charge in [-0.15, -0.1) is 0 Å². The van der Waals surface area contributed by atoms with Gasteiger partial charge in [0, 0.05) is 11.5 Å². The third-order valence-corrected chi connectivity index (χ3v) is 4.41. The largest absolute Gasteiger partial charge is 0.330 e. The number of aromatic nitrogens is 4. The molecule has 0 unspecified atom stereocenters. The Bertz CT molecular complexity index is 731. The van der Waals surface area contributed by atoms with Crippen molar-refractivity contribution in [3.8, 4) is 0 Å². The van der Waals surface area contributed by atoms with Crippen molar-refractivity contribution >= 4 is 5.52 Å². The molecule has 1 aliphatic rings. The highest BCUT2D eigenvalue weighted by Gasteiger charge is 2.33. The fourth-order valence-electron chi connectivity index (χ4n) is 3.05. The van der Waals surface area contributed by atoms with Crippen LogP contribution >= 0.6 is 0 Å². The first-order valence-corrected chi connectivity index (χ1v) is 7.50. The maximum atomic E-state index is 12.7. The van der Waals surface area contributed by atoms with Crippen LogP contribution in [0.4, 0.5) is 0 Å². The predicted molar refractivity (Wildman–Crippen MR) is 81.5 cm³/mol. The van der Waals surface area contributed by atoms with Crippen molar-refractivity contribution in [1.82, 2.24) is 19.2 Å². The van der Waals surface area contributed by atoms with Gasteiger partial charge in [0.25, 0.3) is 5.56 Å². The molecule has 1 fully saturated rings. The normalized spacial score (nSPS) is 22.5. The summed E-state index contributed by atoms with van der Waals surface area (Å²) in [5.41, 5.74) is 6.73. The Hall–Kier alpha value is -1.69. The average Bonchev–Trinajstić information content (AvgIpc) is 2.65. The number of imidazole rings is 1. The van der Waals surface area contributed by atoms with Gasteiger partial charge in [-0.2, -0.15) is 5.10 Å². The summed E-state index contributed by atoms with van der Waals surface area (Å²) >= 11 is 0. The quantitative estimate of drug-likeness (QED) is 0.906. The van der Waals surface area contributed by atoms with E-state index < -0.39 is 0 Å². The second-order valence-electron chi connectivity index (χ2n) is 7.06.